The highest BCUT2D eigenvalue weighted by Crippen LogP contribution is 2.19. The molecule has 0 saturated heterocycles. The zero-order valence-corrected chi connectivity index (χ0v) is 11.1. The number of aromatic amines is 1. The summed E-state index contributed by atoms with van der Waals surface area (Å²) >= 11 is 5.21. The number of aromatic nitrogens is 2. The van der Waals surface area contributed by atoms with E-state index in [0.29, 0.717) is 10.6 Å². The van der Waals surface area contributed by atoms with Gasteiger partial charge in [-0.2, -0.15) is 0 Å². The molecule has 0 unspecified atom stereocenters. The van der Waals surface area contributed by atoms with Crippen LogP contribution in [-0.2, 0) is 0 Å². The van der Waals surface area contributed by atoms with Crippen molar-refractivity contribution in [1.82, 2.24) is 9.97 Å². The van der Waals surface area contributed by atoms with E-state index in [0.717, 1.165) is 17.1 Å². The lowest BCUT2D eigenvalue weighted by atomic mass is 10.1. The first-order valence-electron chi connectivity index (χ1n) is 5.74. The van der Waals surface area contributed by atoms with Crippen LogP contribution in [0, 0.1) is 11.6 Å². The SMILES string of the molecule is Cc1cccc(-c2nc(=S)cc(C(C)C)[nH]2)c1. The zero-order valence-electron chi connectivity index (χ0n) is 10.3. The maximum atomic E-state index is 5.21. The smallest absolute Gasteiger partial charge is 0.139 e. The summed E-state index contributed by atoms with van der Waals surface area (Å²) < 4.78 is 0.643. The highest BCUT2D eigenvalue weighted by Gasteiger charge is 2.05. The van der Waals surface area contributed by atoms with Crippen LogP contribution >= 0.6 is 12.2 Å². The van der Waals surface area contributed by atoms with E-state index in [1.807, 2.05) is 18.2 Å². The number of benzene rings is 1. The van der Waals surface area contributed by atoms with E-state index >= 15 is 0 Å². The Kier molecular flexibility index (Phi) is 3.38. The van der Waals surface area contributed by atoms with Crippen LogP contribution in [0.2, 0.25) is 0 Å². The van der Waals surface area contributed by atoms with Crippen molar-refractivity contribution in [3.63, 3.8) is 0 Å². The second kappa shape index (κ2) is 4.80. The minimum absolute atomic E-state index is 0.420. The summed E-state index contributed by atoms with van der Waals surface area (Å²) in [7, 11) is 0. The van der Waals surface area contributed by atoms with Crippen LogP contribution in [-0.4, -0.2) is 9.97 Å². The molecule has 1 aromatic carbocycles. The van der Waals surface area contributed by atoms with Crippen molar-refractivity contribution in [1.29, 1.82) is 0 Å². The summed E-state index contributed by atoms with van der Waals surface area (Å²) in [6, 6.07) is 10.2. The molecular weight excluding hydrogens is 228 g/mol. The molecule has 1 aromatic heterocycles. The Morgan fingerprint density at radius 3 is 2.65 bits per heavy atom. The standard InChI is InChI=1S/C14H16N2S/c1-9(2)12-8-13(17)16-14(15-12)11-6-4-5-10(3)7-11/h4-9H,1-3H3,(H,15,16,17). The van der Waals surface area contributed by atoms with E-state index in [1.54, 1.807) is 0 Å². The first-order valence-corrected chi connectivity index (χ1v) is 6.15. The predicted molar refractivity (Wildman–Crippen MR) is 73.7 cm³/mol. The Morgan fingerprint density at radius 2 is 2.00 bits per heavy atom. The maximum Gasteiger partial charge on any atom is 0.139 e. The lowest BCUT2D eigenvalue weighted by Gasteiger charge is -2.09. The molecule has 0 atom stereocenters. The first kappa shape index (κ1) is 12.0. The number of nitrogens with zero attached hydrogens (tertiary/aromatic N) is 1. The van der Waals surface area contributed by atoms with E-state index in [-0.39, 0.29) is 0 Å². The van der Waals surface area contributed by atoms with Crippen molar-refractivity contribution >= 4 is 12.2 Å². The molecule has 2 nitrogen and oxygen atoms in total. The van der Waals surface area contributed by atoms with E-state index in [1.165, 1.54) is 5.56 Å². The molecule has 0 aliphatic heterocycles. The van der Waals surface area contributed by atoms with Crippen molar-refractivity contribution in [2.24, 2.45) is 0 Å². The summed E-state index contributed by atoms with van der Waals surface area (Å²) in [5.74, 6) is 1.27. The summed E-state index contributed by atoms with van der Waals surface area (Å²) in [5, 5.41) is 0. The Morgan fingerprint density at radius 1 is 1.24 bits per heavy atom. The number of nitrogens with one attached hydrogen (secondary N) is 1. The highest BCUT2D eigenvalue weighted by atomic mass is 32.1. The molecule has 0 amide bonds. The average molecular weight is 244 g/mol. The molecule has 2 aromatic rings. The van der Waals surface area contributed by atoms with E-state index in [4.69, 9.17) is 12.2 Å². The lowest BCUT2D eigenvalue weighted by Crippen LogP contribution is -1.98. The van der Waals surface area contributed by atoms with Gasteiger partial charge >= 0.3 is 0 Å². The molecule has 17 heavy (non-hydrogen) atoms. The molecule has 0 saturated carbocycles. The molecule has 2 rings (SSSR count). The molecule has 0 radical (unpaired) electrons. The van der Waals surface area contributed by atoms with Crippen LogP contribution in [0.1, 0.15) is 31.0 Å². The predicted octanol–water partition coefficient (Wildman–Crippen LogP) is 4.24. The van der Waals surface area contributed by atoms with Gasteiger partial charge in [-0.15, -0.1) is 0 Å². The summed E-state index contributed by atoms with van der Waals surface area (Å²) in [5.41, 5.74) is 3.43. The Labute approximate surface area is 107 Å². The molecule has 3 heteroatoms. The summed E-state index contributed by atoms with van der Waals surface area (Å²) in [6.45, 7) is 6.35. The van der Waals surface area contributed by atoms with Gasteiger partial charge in [0.15, 0.2) is 0 Å². The van der Waals surface area contributed by atoms with Gasteiger partial charge in [-0.3, -0.25) is 0 Å². The van der Waals surface area contributed by atoms with Crippen molar-refractivity contribution in [2.75, 3.05) is 0 Å². The quantitative estimate of drug-likeness (QED) is 0.800. The molecule has 0 spiro atoms. The Bertz CT molecular complexity index is 585. The Balaban J connectivity index is 2.56. The number of H-pyrrole nitrogens is 1. The molecular formula is C14H16N2S. The number of aryl methyl sites for hydroxylation is 1. The molecule has 0 bridgehead atoms. The van der Waals surface area contributed by atoms with Gasteiger partial charge in [0.2, 0.25) is 0 Å². The van der Waals surface area contributed by atoms with Gasteiger partial charge in [0.1, 0.15) is 10.5 Å². The number of hydrogen-bond donors (Lipinski definition) is 1. The first-order chi connectivity index (χ1) is 8.06. The van der Waals surface area contributed by atoms with Gasteiger partial charge in [-0.1, -0.05) is 49.8 Å². The minimum Gasteiger partial charge on any atom is -0.343 e. The fraction of sp³-hybridized carbons (Fsp3) is 0.286. The van der Waals surface area contributed by atoms with Crippen LogP contribution in [0.5, 0.6) is 0 Å². The third kappa shape index (κ3) is 2.80. The molecule has 0 aliphatic rings. The highest BCUT2D eigenvalue weighted by molar-refractivity contribution is 7.71. The fourth-order valence-corrected chi connectivity index (χ4v) is 1.93. The second-order valence-corrected chi connectivity index (χ2v) is 4.97. The van der Waals surface area contributed by atoms with Gasteiger partial charge < -0.3 is 4.98 Å². The van der Waals surface area contributed by atoms with Crippen molar-refractivity contribution in [2.45, 2.75) is 26.7 Å². The monoisotopic (exact) mass is 244 g/mol. The van der Waals surface area contributed by atoms with E-state index in [2.05, 4.69) is 42.9 Å². The molecule has 0 aliphatic carbocycles. The number of rotatable bonds is 2. The van der Waals surface area contributed by atoms with Crippen molar-refractivity contribution < 1.29 is 0 Å². The van der Waals surface area contributed by atoms with E-state index in [9.17, 15) is 0 Å². The second-order valence-electron chi connectivity index (χ2n) is 4.55. The van der Waals surface area contributed by atoms with Gasteiger partial charge in [-0.25, -0.2) is 4.98 Å². The molecule has 0 fully saturated rings. The van der Waals surface area contributed by atoms with Gasteiger partial charge in [0.25, 0.3) is 0 Å². The molecule has 88 valence electrons. The third-order valence-electron chi connectivity index (χ3n) is 2.68. The normalized spacial score (nSPS) is 10.8. The minimum atomic E-state index is 0.420. The van der Waals surface area contributed by atoms with Crippen LogP contribution in [0.25, 0.3) is 11.4 Å². The topological polar surface area (TPSA) is 28.7 Å². The van der Waals surface area contributed by atoms with Crippen molar-refractivity contribution in [3.05, 3.63) is 46.2 Å². The summed E-state index contributed by atoms with van der Waals surface area (Å²) in [6.07, 6.45) is 0. The summed E-state index contributed by atoms with van der Waals surface area (Å²) in [4.78, 5) is 7.74. The van der Waals surface area contributed by atoms with Gasteiger partial charge in [-0.05, 0) is 25.0 Å². The van der Waals surface area contributed by atoms with Crippen LogP contribution in [0.4, 0.5) is 0 Å². The Hall–Kier alpha value is -1.48. The lowest BCUT2D eigenvalue weighted by molar-refractivity contribution is 0.815. The fourth-order valence-electron chi connectivity index (χ4n) is 1.72. The molecule has 1 heterocycles. The van der Waals surface area contributed by atoms with Crippen LogP contribution in [0.15, 0.2) is 30.3 Å². The van der Waals surface area contributed by atoms with Gasteiger partial charge in [0, 0.05) is 11.3 Å². The van der Waals surface area contributed by atoms with Gasteiger partial charge in [0.05, 0.1) is 0 Å². The van der Waals surface area contributed by atoms with Crippen LogP contribution in [0.3, 0.4) is 0 Å². The molecule has 1 N–H and O–H groups in total. The van der Waals surface area contributed by atoms with Crippen LogP contribution < -0.4 is 0 Å². The largest absolute Gasteiger partial charge is 0.343 e. The van der Waals surface area contributed by atoms with E-state index < -0.39 is 0 Å². The maximum absolute atomic E-state index is 5.21. The van der Waals surface area contributed by atoms with Crippen molar-refractivity contribution in [3.8, 4) is 11.4 Å². The third-order valence-corrected chi connectivity index (χ3v) is 2.89. The zero-order chi connectivity index (χ0) is 12.4. The number of hydrogen-bond acceptors (Lipinski definition) is 2. The average Bonchev–Trinajstić information content (AvgIpc) is 2.28.